The third-order valence-electron chi connectivity index (χ3n) is 4.45. The fourth-order valence-electron chi connectivity index (χ4n) is 3.04. The Morgan fingerprint density at radius 3 is 2.15 bits per heavy atom. The van der Waals surface area contributed by atoms with Crippen LogP contribution in [0.3, 0.4) is 0 Å². The molecule has 142 valence electrons. The van der Waals surface area contributed by atoms with Gasteiger partial charge in [0.25, 0.3) is 0 Å². The third-order valence-corrected chi connectivity index (χ3v) is 4.77. The molecule has 0 aliphatic carbocycles. The minimum Gasteiger partial charge on any atom is -0.367 e. The maximum Gasteiger partial charge on any atom is 0.224 e. The van der Waals surface area contributed by atoms with Gasteiger partial charge in [0.05, 0.1) is 10.7 Å². The lowest BCUT2D eigenvalue weighted by Crippen LogP contribution is -2.49. The van der Waals surface area contributed by atoms with Gasteiger partial charge in [0, 0.05) is 38.6 Å². The Labute approximate surface area is 172 Å². The molecule has 0 spiro atoms. The van der Waals surface area contributed by atoms with Crippen molar-refractivity contribution in [1.82, 2.24) is 4.90 Å². The predicted molar refractivity (Wildman–Crippen MR) is 113 cm³/mol. The summed E-state index contributed by atoms with van der Waals surface area (Å²) in [6, 6.07) is 17.4. The Hall–Kier alpha value is -1.46. The molecule has 2 aromatic carbocycles. The van der Waals surface area contributed by atoms with Crippen LogP contribution >= 0.6 is 36.4 Å². The van der Waals surface area contributed by atoms with Crippen LogP contribution in [-0.2, 0) is 4.79 Å². The van der Waals surface area contributed by atoms with E-state index < -0.39 is 0 Å². The number of nitrogens with zero attached hydrogens (tertiary/aromatic N) is 2. The first kappa shape index (κ1) is 22.6. The molecule has 1 aliphatic rings. The standard InChI is InChI=1S/C19H22ClN3O.2ClH/c20-16-8-4-5-9-18(16)22-10-12-23(13-11-22)19(24)14-17(21)15-6-2-1-3-7-15;;/h1-9,17H,10-14,21H2;2*1H. The predicted octanol–water partition coefficient (Wildman–Crippen LogP) is 3.92. The zero-order valence-electron chi connectivity index (χ0n) is 14.4. The van der Waals surface area contributed by atoms with E-state index in [0.717, 1.165) is 29.4 Å². The molecule has 0 saturated carbocycles. The van der Waals surface area contributed by atoms with Crippen LogP contribution in [0.25, 0.3) is 0 Å². The van der Waals surface area contributed by atoms with Crippen molar-refractivity contribution in [3.05, 3.63) is 65.2 Å². The Morgan fingerprint density at radius 1 is 0.962 bits per heavy atom. The van der Waals surface area contributed by atoms with E-state index in [0.29, 0.717) is 19.5 Å². The first-order valence-corrected chi connectivity index (χ1v) is 8.61. The van der Waals surface area contributed by atoms with Crippen molar-refractivity contribution in [3.63, 3.8) is 0 Å². The molecule has 1 heterocycles. The normalized spacial score (nSPS) is 14.8. The Kier molecular flexibility index (Phi) is 9.23. The number of rotatable bonds is 4. The van der Waals surface area contributed by atoms with E-state index >= 15 is 0 Å². The van der Waals surface area contributed by atoms with Crippen molar-refractivity contribution in [2.24, 2.45) is 5.73 Å². The summed E-state index contributed by atoms with van der Waals surface area (Å²) >= 11 is 6.25. The lowest BCUT2D eigenvalue weighted by atomic mass is 10.0. The zero-order chi connectivity index (χ0) is 16.9. The van der Waals surface area contributed by atoms with E-state index in [-0.39, 0.29) is 36.8 Å². The maximum atomic E-state index is 12.5. The highest BCUT2D eigenvalue weighted by molar-refractivity contribution is 6.33. The summed E-state index contributed by atoms with van der Waals surface area (Å²) in [5.74, 6) is 0.116. The van der Waals surface area contributed by atoms with Crippen LogP contribution in [-0.4, -0.2) is 37.0 Å². The first-order chi connectivity index (χ1) is 11.6. The van der Waals surface area contributed by atoms with Crippen molar-refractivity contribution in [2.75, 3.05) is 31.1 Å². The van der Waals surface area contributed by atoms with Gasteiger partial charge in [-0.2, -0.15) is 0 Å². The SMILES string of the molecule is Cl.Cl.NC(CC(=O)N1CCN(c2ccccc2Cl)CC1)c1ccccc1. The summed E-state index contributed by atoms with van der Waals surface area (Å²) in [4.78, 5) is 16.6. The Morgan fingerprint density at radius 2 is 1.54 bits per heavy atom. The fraction of sp³-hybridized carbons (Fsp3) is 0.316. The van der Waals surface area contributed by atoms with Gasteiger partial charge in [-0.05, 0) is 17.7 Å². The summed E-state index contributed by atoms with van der Waals surface area (Å²) in [6.07, 6.45) is 0.343. The number of carbonyl (C=O) groups is 1. The number of carbonyl (C=O) groups excluding carboxylic acids is 1. The van der Waals surface area contributed by atoms with Crippen LogP contribution in [0.15, 0.2) is 54.6 Å². The molecule has 26 heavy (non-hydrogen) atoms. The molecule has 7 heteroatoms. The van der Waals surface area contributed by atoms with Gasteiger partial charge in [0.15, 0.2) is 0 Å². The molecule has 0 radical (unpaired) electrons. The molecule has 1 fully saturated rings. The van der Waals surface area contributed by atoms with Gasteiger partial charge in [-0.25, -0.2) is 0 Å². The van der Waals surface area contributed by atoms with Gasteiger partial charge in [0.2, 0.25) is 5.91 Å². The molecule has 1 aliphatic heterocycles. The summed E-state index contributed by atoms with van der Waals surface area (Å²) in [7, 11) is 0. The molecule has 1 amide bonds. The lowest BCUT2D eigenvalue weighted by molar-refractivity contribution is -0.131. The Bertz CT molecular complexity index is 691. The van der Waals surface area contributed by atoms with Crippen LogP contribution in [0.2, 0.25) is 5.02 Å². The number of amides is 1. The monoisotopic (exact) mass is 415 g/mol. The number of para-hydroxylation sites is 1. The van der Waals surface area contributed by atoms with Gasteiger partial charge in [-0.3, -0.25) is 4.79 Å². The molecule has 0 aromatic heterocycles. The highest BCUT2D eigenvalue weighted by atomic mass is 35.5. The van der Waals surface area contributed by atoms with Crippen LogP contribution in [0.4, 0.5) is 5.69 Å². The van der Waals surface area contributed by atoms with Crippen molar-refractivity contribution >= 4 is 48.0 Å². The van der Waals surface area contributed by atoms with E-state index in [4.69, 9.17) is 17.3 Å². The van der Waals surface area contributed by atoms with Gasteiger partial charge in [-0.15, -0.1) is 24.8 Å². The largest absolute Gasteiger partial charge is 0.367 e. The van der Waals surface area contributed by atoms with Crippen LogP contribution in [0.5, 0.6) is 0 Å². The topological polar surface area (TPSA) is 49.6 Å². The molecule has 4 nitrogen and oxygen atoms in total. The quantitative estimate of drug-likeness (QED) is 0.822. The second-order valence-electron chi connectivity index (χ2n) is 6.04. The molecule has 2 aromatic rings. The molecule has 2 N–H and O–H groups in total. The van der Waals surface area contributed by atoms with Gasteiger partial charge < -0.3 is 15.5 Å². The first-order valence-electron chi connectivity index (χ1n) is 8.23. The fourth-order valence-corrected chi connectivity index (χ4v) is 3.30. The number of piperazine rings is 1. The van der Waals surface area contributed by atoms with Crippen molar-refractivity contribution in [2.45, 2.75) is 12.5 Å². The number of hydrogen-bond acceptors (Lipinski definition) is 3. The van der Waals surface area contributed by atoms with Crippen LogP contribution in [0.1, 0.15) is 18.0 Å². The summed E-state index contributed by atoms with van der Waals surface area (Å²) < 4.78 is 0. The zero-order valence-corrected chi connectivity index (χ0v) is 16.8. The van der Waals surface area contributed by atoms with E-state index in [1.807, 2.05) is 59.5 Å². The second kappa shape index (κ2) is 10.6. The smallest absolute Gasteiger partial charge is 0.224 e. The highest BCUT2D eigenvalue weighted by Gasteiger charge is 2.23. The summed E-state index contributed by atoms with van der Waals surface area (Å²) in [5.41, 5.74) is 8.20. The van der Waals surface area contributed by atoms with Gasteiger partial charge in [-0.1, -0.05) is 54.1 Å². The highest BCUT2D eigenvalue weighted by Crippen LogP contribution is 2.26. The van der Waals surface area contributed by atoms with Crippen molar-refractivity contribution in [1.29, 1.82) is 0 Å². The number of hydrogen-bond donors (Lipinski definition) is 1. The van der Waals surface area contributed by atoms with E-state index in [2.05, 4.69) is 4.90 Å². The third kappa shape index (κ3) is 5.52. The number of halogens is 3. The van der Waals surface area contributed by atoms with E-state index in [1.165, 1.54) is 0 Å². The average Bonchev–Trinajstić information content (AvgIpc) is 2.63. The van der Waals surface area contributed by atoms with Crippen LogP contribution in [0, 0.1) is 0 Å². The minimum atomic E-state index is -0.250. The van der Waals surface area contributed by atoms with Crippen molar-refractivity contribution < 1.29 is 4.79 Å². The van der Waals surface area contributed by atoms with Gasteiger partial charge >= 0.3 is 0 Å². The molecule has 1 saturated heterocycles. The molecule has 1 atom stereocenters. The van der Waals surface area contributed by atoms with E-state index in [1.54, 1.807) is 0 Å². The lowest BCUT2D eigenvalue weighted by Gasteiger charge is -2.36. The van der Waals surface area contributed by atoms with E-state index in [9.17, 15) is 4.79 Å². The second-order valence-corrected chi connectivity index (χ2v) is 6.45. The molecular formula is C19H24Cl3N3O. The summed E-state index contributed by atoms with van der Waals surface area (Å²) in [6.45, 7) is 2.98. The minimum absolute atomic E-state index is 0. The Balaban J connectivity index is 0.00000169. The van der Waals surface area contributed by atoms with Gasteiger partial charge in [0.1, 0.15) is 0 Å². The maximum absolute atomic E-state index is 12.5. The number of benzene rings is 2. The number of anilines is 1. The number of nitrogens with two attached hydrogens (primary N) is 1. The average molecular weight is 417 g/mol. The molecule has 1 unspecified atom stereocenters. The van der Waals surface area contributed by atoms with Crippen molar-refractivity contribution in [3.8, 4) is 0 Å². The summed E-state index contributed by atoms with van der Waals surface area (Å²) in [5, 5.41) is 0.753. The molecule has 0 bridgehead atoms. The molecule has 3 rings (SSSR count). The van der Waals surface area contributed by atoms with Crippen LogP contribution < -0.4 is 10.6 Å². The molecular weight excluding hydrogens is 393 g/mol.